The summed E-state index contributed by atoms with van der Waals surface area (Å²) >= 11 is 6.39. The monoisotopic (exact) mass is 767 g/mol. The number of amides is 2. The van der Waals surface area contributed by atoms with E-state index in [1.807, 2.05) is 36.4 Å². The van der Waals surface area contributed by atoms with E-state index in [-0.39, 0.29) is 12.1 Å². The summed E-state index contributed by atoms with van der Waals surface area (Å²) < 4.78 is 63.5. The molecule has 1 fully saturated rings. The Morgan fingerprint density at radius 2 is 1.53 bits per heavy atom. The molecule has 2 aliphatic heterocycles. The van der Waals surface area contributed by atoms with E-state index in [1.54, 1.807) is 6.20 Å². The summed E-state index contributed by atoms with van der Waals surface area (Å²) in [6, 6.07) is 24.4. The number of carbonyl (C=O) groups is 3. The number of halogens is 7. The number of hydrogen-bond donors (Lipinski definition) is 6. The lowest BCUT2D eigenvalue weighted by molar-refractivity contribution is -0.193. The SMILES string of the molecule is O=C(Nc1ccc2cc1CCc1cccc(c1)Nc1ncc(Cl)c(n1)N2)N[C@H]1CCN(Cc2ccccc2)C1.O=C(O)C(F)(F)F.O=C(O)C(F)(F)F. The predicted molar refractivity (Wildman–Crippen MR) is 184 cm³/mol. The molecule has 53 heavy (non-hydrogen) atoms. The highest BCUT2D eigenvalue weighted by Gasteiger charge is 2.39. The maximum atomic E-state index is 13.0. The van der Waals surface area contributed by atoms with Crippen LogP contribution in [0, 0.1) is 0 Å². The number of urea groups is 1. The number of likely N-dealkylation sites (tertiary alicyclic amines) is 1. The molecule has 6 rings (SSSR count). The van der Waals surface area contributed by atoms with Crippen molar-refractivity contribution in [1.82, 2.24) is 20.2 Å². The second-order valence-corrected chi connectivity index (χ2v) is 12.0. The summed E-state index contributed by atoms with van der Waals surface area (Å²) in [7, 11) is 0. The molecule has 3 aromatic carbocycles. The van der Waals surface area contributed by atoms with Crippen LogP contribution >= 0.6 is 11.6 Å². The number of carboxylic acid groups (broad SMARTS) is 2. The second-order valence-electron chi connectivity index (χ2n) is 11.6. The second kappa shape index (κ2) is 17.7. The van der Waals surface area contributed by atoms with Gasteiger partial charge in [-0.3, -0.25) is 4.90 Å². The molecule has 0 saturated carbocycles. The molecule has 1 aromatic heterocycles. The lowest BCUT2D eigenvalue weighted by atomic mass is 10.0. The van der Waals surface area contributed by atoms with Crippen LogP contribution in [0.3, 0.4) is 0 Å². The quantitative estimate of drug-likeness (QED) is 0.115. The molecule has 2 aliphatic rings. The van der Waals surface area contributed by atoms with E-state index in [0.29, 0.717) is 16.8 Å². The normalized spacial score (nSPS) is 15.2. The number of nitrogens with one attached hydrogen (secondary N) is 4. The number of carboxylic acids is 2. The first-order valence-electron chi connectivity index (χ1n) is 15.7. The van der Waals surface area contributed by atoms with Gasteiger partial charge in [0.2, 0.25) is 5.95 Å². The number of aromatic nitrogens is 2. The van der Waals surface area contributed by atoms with Crippen LogP contribution in [0.15, 0.2) is 79.0 Å². The van der Waals surface area contributed by atoms with E-state index in [4.69, 9.17) is 31.4 Å². The maximum absolute atomic E-state index is 13.0. The number of benzene rings is 3. The van der Waals surface area contributed by atoms with Gasteiger partial charge in [-0.2, -0.15) is 31.3 Å². The van der Waals surface area contributed by atoms with E-state index >= 15 is 0 Å². The Kier molecular flexibility index (Phi) is 13.4. The third kappa shape index (κ3) is 12.8. The highest BCUT2D eigenvalue weighted by molar-refractivity contribution is 6.32. The molecule has 3 heterocycles. The molecule has 0 unspecified atom stereocenters. The smallest absolute Gasteiger partial charge is 0.475 e. The van der Waals surface area contributed by atoms with E-state index < -0.39 is 24.3 Å². The zero-order chi connectivity index (χ0) is 38.8. The van der Waals surface area contributed by atoms with Crippen LogP contribution in [-0.2, 0) is 29.0 Å². The molecule has 1 atom stereocenters. The molecule has 6 N–H and O–H groups in total. The van der Waals surface area contributed by atoms with E-state index in [0.717, 1.165) is 61.5 Å². The van der Waals surface area contributed by atoms with Crippen LogP contribution < -0.4 is 21.3 Å². The number of aryl methyl sites for hydroxylation is 2. The molecular weight excluding hydrogens is 736 g/mol. The summed E-state index contributed by atoms with van der Waals surface area (Å²) in [6.45, 7) is 2.70. The summed E-state index contributed by atoms with van der Waals surface area (Å²) in [5, 5.41) is 27.5. The fraction of sp³-hybridized carbons (Fsp3) is 0.265. The maximum Gasteiger partial charge on any atom is 0.490 e. The van der Waals surface area contributed by atoms with Gasteiger partial charge in [0.05, 0.1) is 6.20 Å². The highest BCUT2D eigenvalue weighted by atomic mass is 35.5. The number of fused-ring (bicyclic) bond motifs is 6. The number of alkyl halides is 6. The number of carbonyl (C=O) groups excluding carboxylic acids is 1. The van der Waals surface area contributed by atoms with Gasteiger partial charge in [-0.15, -0.1) is 0 Å². The molecule has 0 aliphatic carbocycles. The molecule has 4 aromatic rings. The lowest BCUT2D eigenvalue weighted by Crippen LogP contribution is -2.39. The molecular formula is C34H32ClF6N7O5. The first-order chi connectivity index (χ1) is 25.0. The van der Waals surface area contributed by atoms with Gasteiger partial charge in [0.15, 0.2) is 5.82 Å². The van der Waals surface area contributed by atoms with Crippen LogP contribution in [-0.4, -0.2) is 74.5 Å². The van der Waals surface area contributed by atoms with Crippen molar-refractivity contribution in [2.75, 3.05) is 29.0 Å². The van der Waals surface area contributed by atoms with Gasteiger partial charge < -0.3 is 31.5 Å². The standard InChI is InChI=1S/C30H30ClN7O.2C2HF3O2/c31-26-17-32-29-34-23-8-4-7-20(15-23)9-10-22-16-24(33-28(26)37-29)11-12-27(22)36-30(39)35-25-13-14-38(19-25)18-21-5-2-1-3-6-21;2*3-2(4,5)1(6)7/h1-8,11-12,15-17,25H,9-10,13-14,18-19H2,(H2,35,36,39)(H2,32,33,34,37);2*(H,6,7)/t25-;;/m0../s1. The first kappa shape index (κ1) is 40.2. The molecule has 0 radical (unpaired) electrons. The molecule has 0 spiro atoms. The minimum atomic E-state index is -5.08. The third-order valence-electron chi connectivity index (χ3n) is 7.57. The number of rotatable bonds is 4. The largest absolute Gasteiger partial charge is 0.490 e. The summed E-state index contributed by atoms with van der Waals surface area (Å²) in [4.78, 5) is 42.1. The van der Waals surface area contributed by atoms with Crippen molar-refractivity contribution in [2.24, 2.45) is 0 Å². The van der Waals surface area contributed by atoms with Crippen molar-refractivity contribution in [3.63, 3.8) is 0 Å². The van der Waals surface area contributed by atoms with Crippen molar-refractivity contribution in [1.29, 1.82) is 0 Å². The van der Waals surface area contributed by atoms with Gasteiger partial charge in [0.1, 0.15) is 5.02 Å². The van der Waals surface area contributed by atoms with Crippen molar-refractivity contribution in [3.8, 4) is 0 Å². The van der Waals surface area contributed by atoms with Gasteiger partial charge in [-0.05, 0) is 66.3 Å². The lowest BCUT2D eigenvalue weighted by Gasteiger charge is -2.18. The third-order valence-corrected chi connectivity index (χ3v) is 7.84. The molecule has 12 nitrogen and oxygen atoms in total. The zero-order valence-corrected chi connectivity index (χ0v) is 28.2. The Labute approximate surface area is 303 Å². The number of aliphatic carboxylic acids is 2. The predicted octanol–water partition coefficient (Wildman–Crippen LogP) is 7.38. The van der Waals surface area contributed by atoms with Crippen molar-refractivity contribution in [3.05, 3.63) is 101 Å². The molecule has 6 bridgehead atoms. The average molecular weight is 768 g/mol. The molecule has 2 amide bonds. The molecule has 282 valence electrons. The van der Waals surface area contributed by atoms with E-state index in [2.05, 4.69) is 72.5 Å². The van der Waals surface area contributed by atoms with Gasteiger partial charge in [-0.1, -0.05) is 54.1 Å². The van der Waals surface area contributed by atoms with Gasteiger partial charge in [0.25, 0.3) is 0 Å². The first-order valence-corrected chi connectivity index (χ1v) is 16.1. The van der Waals surface area contributed by atoms with Crippen molar-refractivity contribution < 1.29 is 50.9 Å². The van der Waals surface area contributed by atoms with Crippen LogP contribution in [0.4, 0.5) is 60.0 Å². The minimum Gasteiger partial charge on any atom is -0.475 e. The van der Waals surface area contributed by atoms with Crippen LogP contribution in [0.1, 0.15) is 23.1 Å². The Hall–Kier alpha value is -5.62. The molecule has 1 saturated heterocycles. The van der Waals surface area contributed by atoms with Gasteiger partial charge in [0, 0.05) is 42.7 Å². The van der Waals surface area contributed by atoms with Crippen LogP contribution in [0.25, 0.3) is 0 Å². The Bertz CT molecular complexity index is 1880. The highest BCUT2D eigenvalue weighted by Crippen LogP contribution is 2.29. The summed E-state index contributed by atoms with van der Waals surface area (Å²) in [5.74, 6) is -4.54. The Morgan fingerprint density at radius 1 is 0.868 bits per heavy atom. The molecule has 19 heteroatoms. The topological polar surface area (TPSA) is 169 Å². The number of nitrogens with zero attached hydrogens (tertiary/aromatic N) is 3. The average Bonchev–Trinajstić information content (AvgIpc) is 3.52. The summed E-state index contributed by atoms with van der Waals surface area (Å²) in [6.07, 6.45) is -6.10. The fourth-order valence-electron chi connectivity index (χ4n) is 5.14. The van der Waals surface area contributed by atoms with E-state index in [9.17, 15) is 31.1 Å². The Morgan fingerprint density at radius 3 is 2.19 bits per heavy atom. The number of anilines is 5. The van der Waals surface area contributed by atoms with Crippen molar-refractivity contribution >= 4 is 58.4 Å². The van der Waals surface area contributed by atoms with Gasteiger partial charge >= 0.3 is 30.3 Å². The summed E-state index contributed by atoms with van der Waals surface area (Å²) in [5.41, 5.74) is 6.01. The van der Waals surface area contributed by atoms with E-state index in [1.165, 1.54) is 11.1 Å². The van der Waals surface area contributed by atoms with Gasteiger partial charge in [-0.25, -0.2) is 19.4 Å². The van der Waals surface area contributed by atoms with Crippen LogP contribution in [0.2, 0.25) is 5.02 Å². The zero-order valence-electron chi connectivity index (χ0n) is 27.4. The van der Waals surface area contributed by atoms with Crippen LogP contribution in [0.5, 0.6) is 0 Å². The van der Waals surface area contributed by atoms with Crippen molar-refractivity contribution in [2.45, 2.75) is 44.2 Å². The number of hydrogen-bond acceptors (Lipinski definition) is 8. The Balaban J connectivity index is 0.000000381. The minimum absolute atomic E-state index is 0.115. The fourth-order valence-corrected chi connectivity index (χ4v) is 5.28.